The van der Waals surface area contributed by atoms with Crippen molar-refractivity contribution >= 4 is 19.7 Å². The van der Waals surface area contributed by atoms with Crippen LogP contribution in [0.15, 0.2) is 214 Å². The maximum Gasteiger partial charge on any atom is 0.206 e. The van der Waals surface area contributed by atoms with Crippen LogP contribution in [0.1, 0.15) is 58.4 Å². The molecule has 1 atom stereocenters. The molecule has 9 rings (SSSR count). The molecule has 6 nitrogen and oxygen atoms in total. The van der Waals surface area contributed by atoms with E-state index in [1.165, 1.54) is 22.3 Å². The highest BCUT2D eigenvalue weighted by atomic mass is 32.2. The van der Waals surface area contributed by atoms with Gasteiger partial charge in [0.15, 0.2) is 0 Å². The summed E-state index contributed by atoms with van der Waals surface area (Å²) in [5.74, 6) is 1.84. The second kappa shape index (κ2) is 16.3. The van der Waals surface area contributed by atoms with Crippen LogP contribution in [0, 0.1) is 13.8 Å². The Morgan fingerprint density at radius 1 is 0.435 bits per heavy atom. The van der Waals surface area contributed by atoms with Gasteiger partial charge in [-0.25, -0.2) is 16.8 Å². The second-order valence-corrected chi connectivity index (χ2v) is 19.6. The number of sulfone groups is 2. The molecule has 0 saturated heterocycles. The van der Waals surface area contributed by atoms with Gasteiger partial charge in [0.2, 0.25) is 19.7 Å². The fraction of sp³-hybridized carbons (Fsp3) is 0.111. The van der Waals surface area contributed by atoms with Crippen LogP contribution in [0.5, 0.6) is 17.2 Å². The van der Waals surface area contributed by atoms with Gasteiger partial charge in [-0.15, -0.1) is 0 Å². The molecule has 0 spiro atoms. The van der Waals surface area contributed by atoms with Gasteiger partial charge in [0, 0.05) is 0 Å². The van der Waals surface area contributed by atoms with E-state index in [9.17, 15) is 16.8 Å². The minimum Gasteiger partial charge on any atom is -0.486 e. The molecule has 0 saturated carbocycles. The van der Waals surface area contributed by atoms with Crippen molar-refractivity contribution in [2.24, 2.45) is 0 Å². The lowest BCUT2D eigenvalue weighted by Crippen LogP contribution is -2.28. The number of ether oxygens (including phenoxy) is 2. The van der Waals surface area contributed by atoms with Crippen LogP contribution in [0.2, 0.25) is 0 Å². The Labute approximate surface area is 363 Å². The van der Waals surface area contributed by atoms with Gasteiger partial charge in [-0.05, 0) is 144 Å². The summed E-state index contributed by atoms with van der Waals surface area (Å²) < 4.78 is 66.0. The molecule has 0 aliphatic heterocycles. The zero-order valence-electron chi connectivity index (χ0n) is 34.5. The van der Waals surface area contributed by atoms with Crippen LogP contribution in [0.3, 0.4) is 0 Å². The van der Waals surface area contributed by atoms with Crippen LogP contribution in [0.4, 0.5) is 0 Å². The zero-order chi connectivity index (χ0) is 43.1. The third-order valence-electron chi connectivity index (χ3n) is 11.8. The summed E-state index contributed by atoms with van der Waals surface area (Å²) >= 11 is 0. The monoisotopic (exact) mass is 852 g/mol. The topological polar surface area (TPSA) is 86.7 Å². The number of hydrogen-bond donors (Lipinski definition) is 0. The third-order valence-corrected chi connectivity index (χ3v) is 15.3. The van der Waals surface area contributed by atoms with E-state index in [0.29, 0.717) is 23.7 Å². The van der Waals surface area contributed by atoms with Crippen molar-refractivity contribution in [3.05, 3.63) is 233 Å². The molecule has 0 radical (unpaired) electrons. The first-order valence-corrected chi connectivity index (χ1v) is 23.5. The number of rotatable bonds is 12. The van der Waals surface area contributed by atoms with E-state index in [1.54, 1.807) is 84.9 Å². The van der Waals surface area contributed by atoms with E-state index >= 15 is 0 Å². The predicted molar refractivity (Wildman–Crippen MR) is 244 cm³/mol. The maximum absolute atomic E-state index is 13.3. The van der Waals surface area contributed by atoms with E-state index in [-0.39, 0.29) is 25.7 Å². The normalized spacial score (nSPS) is 13.5. The Hall–Kier alpha value is -6.74. The summed E-state index contributed by atoms with van der Waals surface area (Å²) in [7, 11) is -7.31. The molecule has 0 N–H and O–H groups in total. The van der Waals surface area contributed by atoms with Gasteiger partial charge in [0.05, 0.1) is 25.0 Å². The van der Waals surface area contributed by atoms with Gasteiger partial charge >= 0.3 is 0 Å². The van der Waals surface area contributed by atoms with Crippen molar-refractivity contribution in [1.29, 1.82) is 0 Å². The van der Waals surface area contributed by atoms with Crippen LogP contribution in [0.25, 0.3) is 11.1 Å². The van der Waals surface area contributed by atoms with Gasteiger partial charge in [0.25, 0.3) is 0 Å². The summed E-state index contributed by atoms with van der Waals surface area (Å²) in [6.07, 6.45) is 0.391. The van der Waals surface area contributed by atoms with Crippen molar-refractivity contribution in [3.63, 3.8) is 0 Å². The Balaban J connectivity index is 1.00. The van der Waals surface area contributed by atoms with E-state index in [4.69, 9.17) is 9.47 Å². The minimum atomic E-state index is -3.66. The van der Waals surface area contributed by atoms with Crippen molar-refractivity contribution in [2.45, 2.75) is 58.3 Å². The largest absolute Gasteiger partial charge is 0.486 e. The molecule has 8 aromatic carbocycles. The lowest BCUT2D eigenvalue weighted by molar-refractivity contribution is 0.201. The molecule has 308 valence electrons. The lowest BCUT2D eigenvalue weighted by atomic mass is 9.68. The molecule has 62 heavy (non-hydrogen) atoms. The number of aryl methyl sites for hydroxylation is 2. The van der Waals surface area contributed by atoms with Gasteiger partial charge in [-0.3, -0.25) is 0 Å². The molecular weight excluding hydrogens is 809 g/mol. The molecule has 1 unspecified atom stereocenters. The first kappa shape index (κ1) is 40.7. The average Bonchev–Trinajstić information content (AvgIpc) is 3.60. The first-order valence-electron chi connectivity index (χ1n) is 20.6. The highest BCUT2D eigenvalue weighted by Gasteiger charge is 2.46. The number of benzene rings is 8. The van der Waals surface area contributed by atoms with Crippen molar-refractivity contribution in [1.82, 2.24) is 0 Å². The molecular formula is C54H44O6S2. The highest BCUT2D eigenvalue weighted by molar-refractivity contribution is 7.91. The zero-order valence-corrected chi connectivity index (χ0v) is 36.2. The van der Waals surface area contributed by atoms with Gasteiger partial charge < -0.3 is 9.47 Å². The van der Waals surface area contributed by atoms with Gasteiger partial charge in [-0.1, -0.05) is 127 Å². The Bertz CT molecular complexity index is 3060. The van der Waals surface area contributed by atoms with Crippen molar-refractivity contribution in [2.75, 3.05) is 0 Å². The SMILES string of the molecule is CCC(Oc1ccc(C2(c3ccc(Oc4ccc(S(=O)(=O)c5ccc(C)cc5)cc4)cc3)c3ccccc3-c3ccccc32)cc1)c1ccc(S(=O)(=O)c2ccc(C)cc2)cc1. The first-order chi connectivity index (χ1) is 30.0. The minimum absolute atomic E-state index is 0.201. The summed E-state index contributed by atoms with van der Waals surface area (Å²) in [5, 5.41) is 0. The van der Waals surface area contributed by atoms with Crippen molar-refractivity contribution in [3.8, 4) is 28.4 Å². The van der Waals surface area contributed by atoms with E-state index < -0.39 is 25.1 Å². The molecule has 0 aromatic heterocycles. The van der Waals surface area contributed by atoms with Gasteiger partial charge in [0.1, 0.15) is 23.4 Å². The van der Waals surface area contributed by atoms with Crippen LogP contribution < -0.4 is 9.47 Å². The van der Waals surface area contributed by atoms with Crippen LogP contribution >= 0.6 is 0 Å². The maximum atomic E-state index is 13.3. The molecule has 1 aliphatic rings. The van der Waals surface area contributed by atoms with Crippen molar-refractivity contribution < 1.29 is 26.3 Å². The predicted octanol–water partition coefficient (Wildman–Crippen LogP) is 12.7. The van der Waals surface area contributed by atoms with E-state index in [2.05, 4.69) is 79.7 Å². The quantitative estimate of drug-likeness (QED) is 0.122. The second-order valence-electron chi connectivity index (χ2n) is 15.7. The Kier molecular flexibility index (Phi) is 10.7. The standard InChI is InChI=1S/C54H44O6S2/c1-4-53(39-17-33-47(34-18-39)61(55,56)45-29-13-37(2)14-30-45)60-44-25-21-41(22-26-44)54(51-11-7-5-9-49(51)50-10-6-8-12-52(50)54)40-19-23-42(24-20-40)59-43-27-35-48(36-28-43)62(57,58)46-31-15-38(3)16-32-46/h5-36,53H,4H2,1-3H3. The molecule has 0 heterocycles. The summed E-state index contributed by atoms with van der Waals surface area (Å²) in [4.78, 5) is 0.963. The Morgan fingerprint density at radius 2 is 0.790 bits per heavy atom. The molecule has 8 heteroatoms. The van der Waals surface area contributed by atoms with E-state index in [0.717, 1.165) is 27.8 Å². The summed E-state index contributed by atoms with van der Waals surface area (Å²) in [5.41, 5.74) is 9.03. The van der Waals surface area contributed by atoms with Crippen LogP contribution in [-0.2, 0) is 25.1 Å². The fourth-order valence-electron chi connectivity index (χ4n) is 8.52. The third kappa shape index (κ3) is 7.29. The number of fused-ring (bicyclic) bond motifs is 3. The molecule has 0 fully saturated rings. The summed E-state index contributed by atoms with van der Waals surface area (Å²) in [6, 6.07) is 60.7. The average molecular weight is 853 g/mol. The number of hydrogen-bond acceptors (Lipinski definition) is 6. The fourth-order valence-corrected chi connectivity index (χ4v) is 11.0. The smallest absolute Gasteiger partial charge is 0.206 e. The van der Waals surface area contributed by atoms with E-state index in [1.807, 2.05) is 50.2 Å². The molecule has 0 amide bonds. The lowest BCUT2D eigenvalue weighted by Gasteiger charge is -2.34. The molecule has 8 aromatic rings. The summed E-state index contributed by atoms with van der Waals surface area (Å²) in [6.45, 7) is 5.91. The molecule has 1 aliphatic carbocycles. The highest BCUT2D eigenvalue weighted by Crippen LogP contribution is 2.56. The van der Waals surface area contributed by atoms with Crippen LogP contribution in [-0.4, -0.2) is 16.8 Å². The molecule has 0 bridgehead atoms. The Morgan fingerprint density at radius 3 is 1.21 bits per heavy atom. The van der Waals surface area contributed by atoms with Gasteiger partial charge in [-0.2, -0.15) is 0 Å².